The van der Waals surface area contributed by atoms with E-state index in [4.69, 9.17) is 9.52 Å². The summed E-state index contributed by atoms with van der Waals surface area (Å²) in [4.78, 5) is 14.4. The van der Waals surface area contributed by atoms with Crippen molar-refractivity contribution in [2.75, 3.05) is 0 Å². The number of hydrogen-bond acceptors (Lipinski definition) is 3. The Morgan fingerprint density at radius 1 is 1.83 bits per heavy atom. The molecule has 0 radical (unpaired) electrons. The van der Waals surface area contributed by atoms with Crippen LogP contribution in [0.5, 0.6) is 0 Å². The third kappa shape index (κ3) is 1.09. The van der Waals surface area contributed by atoms with E-state index in [1.54, 1.807) is 0 Å². The monoisotopic (exact) mass is 167 g/mol. The molecule has 4 nitrogen and oxygen atoms in total. The molecule has 0 aliphatic heterocycles. The van der Waals surface area contributed by atoms with Crippen LogP contribution in [0.3, 0.4) is 0 Å². The van der Waals surface area contributed by atoms with E-state index in [2.05, 4.69) is 4.98 Å². The molecule has 0 fully saturated rings. The van der Waals surface area contributed by atoms with Crippen LogP contribution in [0.15, 0.2) is 10.8 Å². The van der Waals surface area contributed by atoms with Gasteiger partial charge in [0.05, 0.1) is 12.1 Å². The van der Waals surface area contributed by atoms with E-state index in [0.717, 1.165) is 24.3 Å². The highest BCUT2D eigenvalue weighted by molar-refractivity contribution is 5.68. The van der Waals surface area contributed by atoms with Gasteiger partial charge >= 0.3 is 5.97 Å². The lowest BCUT2D eigenvalue weighted by Crippen LogP contribution is -2.03. The molecule has 0 amide bonds. The van der Waals surface area contributed by atoms with Crippen molar-refractivity contribution >= 4 is 5.97 Å². The van der Waals surface area contributed by atoms with Crippen LogP contribution in [-0.2, 0) is 11.2 Å². The van der Waals surface area contributed by atoms with Crippen molar-refractivity contribution in [3.05, 3.63) is 17.8 Å². The molecule has 0 bridgehead atoms. The van der Waals surface area contributed by atoms with Crippen LogP contribution < -0.4 is 0 Å². The highest BCUT2D eigenvalue weighted by atomic mass is 16.4. The van der Waals surface area contributed by atoms with Crippen molar-refractivity contribution in [1.29, 1.82) is 0 Å². The van der Waals surface area contributed by atoms with E-state index in [-0.39, 0.29) is 12.3 Å². The lowest BCUT2D eigenvalue weighted by Gasteiger charge is -2.02. The summed E-state index contributed by atoms with van der Waals surface area (Å²) in [6.07, 6.45) is 3.24. The number of hydrogen-bond donors (Lipinski definition) is 1. The van der Waals surface area contributed by atoms with Gasteiger partial charge in [0.2, 0.25) is 0 Å². The lowest BCUT2D eigenvalue weighted by atomic mass is 10.0. The minimum atomic E-state index is -0.768. The zero-order valence-electron chi connectivity index (χ0n) is 6.49. The summed E-state index contributed by atoms with van der Waals surface area (Å²) in [6, 6.07) is 0. The molecule has 64 valence electrons. The summed E-state index contributed by atoms with van der Waals surface area (Å²) < 4.78 is 5.08. The summed E-state index contributed by atoms with van der Waals surface area (Å²) in [7, 11) is 0. The van der Waals surface area contributed by atoms with Gasteiger partial charge < -0.3 is 9.52 Å². The number of aliphatic carboxylic acids is 1. The van der Waals surface area contributed by atoms with E-state index < -0.39 is 5.97 Å². The summed E-state index contributed by atoms with van der Waals surface area (Å²) in [6.45, 7) is 0. The van der Waals surface area contributed by atoms with Crippen molar-refractivity contribution in [2.24, 2.45) is 0 Å². The second kappa shape index (κ2) is 2.62. The van der Waals surface area contributed by atoms with Gasteiger partial charge in [-0.15, -0.1) is 0 Å². The standard InChI is InChI=1S/C8H9NO3/c10-7(11)3-5-1-2-6-8(5)9-4-12-6/h4-5H,1-3H2,(H,10,11). The molecule has 1 aliphatic rings. The van der Waals surface area contributed by atoms with Crippen LogP contribution in [0.4, 0.5) is 0 Å². The van der Waals surface area contributed by atoms with Crippen LogP contribution in [0.1, 0.15) is 30.2 Å². The maximum Gasteiger partial charge on any atom is 0.304 e. The zero-order valence-corrected chi connectivity index (χ0v) is 6.49. The van der Waals surface area contributed by atoms with Crippen molar-refractivity contribution < 1.29 is 14.3 Å². The quantitative estimate of drug-likeness (QED) is 0.718. The van der Waals surface area contributed by atoms with E-state index in [9.17, 15) is 4.79 Å². The molecule has 0 aromatic carbocycles. The van der Waals surface area contributed by atoms with Gasteiger partial charge in [-0.25, -0.2) is 4.98 Å². The molecule has 4 heteroatoms. The largest absolute Gasteiger partial charge is 0.481 e. The predicted octanol–water partition coefficient (Wildman–Crippen LogP) is 1.18. The van der Waals surface area contributed by atoms with E-state index >= 15 is 0 Å². The first-order valence-corrected chi connectivity index (χ1v) is 3.91. The maximum atomic E-state index is 10.4. The molecule has 0 saturated heterocycles. The molecule has 1 N–H and O–H groups in total. The Morgan fingerprint density at radius 2 is 2.67 bits per heavy atom. The first kappa shape index (κ1) is 7.34. The van der Waals surface area contributed by atoms with Gasteiger partial charge in [-0.1, -0.05) is 0 Å². The van der Waals surface area contributed by atoms with Crippen LogP contribution in [-0.4, -0.2) is 16.1 Å². The second-order valence-electron chi connectivity index (χ2n) is 2.99. The summed E-state index contributed by atoms with van der Waals surface area (Å²) in [5, 5.41) is 8.58. The normalized spacial score (nSPS) is 20.8. The molecular weight excluding hydrogens is 158 g/mol. The lowest BCUT2D eigenvalue weighted by molar-refractivity contribution is -0.137. The van der Waals surface area contributed by atoms with Gasteiger partial charge in [-0.3, -0.25) is 4.79 Å². The zero-order chi connectivity index (χ0) is 8.55. The van der Waals surface area contributed by atoms with Gasteiger partial charge in [0.15, 0.2) is 6.39 Å². The van der Waals surface area contributed by atoms with Crippen LogP contribution >= 0.6 is 0 Å². The average Bonchev–Trinajstić information content (AvgIpc) is 2.52. The number of aromatic nitrogens is 1. The highest BCUT2D eigenvalue weighted by Crippen LogP contribution is 2.33. The van der Waals surface area contributed by atoms with Gasteiger partial charge in [-0.2, -0.15) is 0 Å². The fourth-order valence-corrected chi connectivity index (χ4v) is 1.65. The Labute approximate surface area is 69.2 Å². The number of aryl methyl sites for hydroxylation is 1. The molecule has 1 unspecified atom stereocenters. The number of carboxylic acid groups (broad SMARTS) is 1. The minimum absolute atomic E-state index is 0.0660. The number of oxazole rings is 1. The number of rotatable bonds is 2. The Bertz CT molecular complexity index is 305. The third-order valence-corrected chi connectivity index (χ3v) is 2.20. The molecule has 1 heterocycles. The van der Waals surface area contributed by atoms with Gasteiger partial charge in [-0.05, 0) is 6.42 Å². The number of nitrogens with zero attached hydrogens (tertiary/aromatic N) is 1. The van der Waals surface area contributed by atoms with Crippen molar-refractivity contribution in [3.8, 4) is 0 Å². The first-order valence-electron chi connectivity index (χ1n) is 3.91. The molecule has 1 aromatic heterocycles. The number of fused-ring (bicyclic) bond motifs is 1. The van der Waals surface area contributed by atoms with E-state index in [1.807, 2.05) is 0 Å². The predicted molar refractivity (Wildman–Crippen MR) is 39.8 cm³/mol. The smallest absolute Gasteiger partial charge is 0.304 e. The fraction of sp³-hybridized carbons (Fsp3) is 0.500. The summed E-state index contributed by atoms with van der Waals surface area (Å²) in [5.74, 6) is 0.161. The van der Waals surface area contributed by atoms with Gasteiger partial charge in [0.25, 0.3) is 0 Å². The van der Waals surface area contributed by atoms with E-state index in [1.165, 1.54) is 6.39 Å². The van der Waals surface area contributed by atoms with E-state index in [0.29, 0.717) is 0 Å². The minimum Gasteiger partial charge on any atom is -0.481 e. The first-order chi connectivity index (χ1) is 5.77. The Balaban J connectivity index is 2.17. The van der Waals surface area contributed by atoms with Crippen molar-refractivity contribution in [1.82, 2.24) is 4.98 Å². The average molecular weight is 167 g/mol. The number of carboxylic acids is 1. The fourth-order valence-electron chi connectivity index (χ4n) is 1.65. The molecule has 0 saturated carbocycles. The molecule has 1 aromatic rings. The SMILES string of the molecule is O=C(O)CC1CCc2ocnc21. The third-order valence-electron chi connectivity index (χ3n) is 2.20. The molecular formula is C8H9NO3. The number of carbonyl (C=O) groups is 1. The van der Waals surface area contributed by atoms with Crippen molar-refractivity contribution in [3.63, 3.8) is 0 Å². The van der Waals surface area contributed by atoms with Gasteiger partial charge in [0, 0.05) is 12.3 Å². The highest BCUT2D eigenvalue weighted by Gasteiger charge is 2.28. The Kier molecular flexibility index (Phi) is 1.60. The van der Waals surface area contributed by atoms with Crippen molar-refractivity contribution in [2.45, 2.75) is 25.2 Å². The topological polar surface area (TPSA) is 63.3 Å². The summed E-state index contributed by atoms with van der Waals surface area (Å²) >= 11 is 0. The molecule has 0 spiro atoms. The Morgan fingerprint density at radius 3 is 3.42 bits per heavy atom. The van der Waals surface area contributed by atoms with Gasteiger partial charge in [0.1, 0.15) is 5.76 Å². The molecule has 2 rings (SSSR count). The van der Waals surface area contributed by atoms with Crippen LogP contribution in [0, 0.1) is 0 Å². The molecule has 1 atom stereocenters. The molecule has 1 aliphatic carbocycles. The van der Waals surface area contributed by atoms with Crippen LogP contribution in [0.25, 0.3) is 0 Å². The molecule has 12 heavy (non-hydrogen) atoms. The Hall–Kier alpha value is -1.32. The van der Waals surface area contributed by atoms with Crippen LogP contribution in [0.2, 0.25) is 0 Å². The maximum absolute atomic E-state index is 10.4. The second-order valence-corrected chi connectivity index (χ2v) is 2.99. The summed E-state index contributed by atoms with van der Waals surface area (Å²) in [5.41, 5.74) is 0.845.